The second kappa shape index (κ2) is 29.3. The van der Waals surface area contributed by atoms with Crippen LogP contribution in [0.15, 0.2) is 12.2 Å². The summed E-state index contributed by atoms with van der Waals surface area (Å²) < 4.78 is 0. The first-order chi connectivity index (χ1) is 12.8. The maximum atomic E-state index is 5.47. The van der Waals surface area contributed by atoms with Crippen LogP contribution in [-0.4, -0.2) is 32.7 Å². The zero-order chi connectivity index (χ0) is 19.6. The topological polar surface area (TPSA) is 90.1 Å². The Morgan fingerprint density at radius 1 is 0.538 bits per heavy atom. The first-order valence-corrected chi connectivity index (χ1v) is 11.3. The number of nitrogens with two attached hydrogens (primary N) is 3. The summed E-state index contributed by atoms with van der Waals surface area (Å²) in [6.07, 6.45) is 23.9. The van der Waals surface area contributed by atoms with Crippen molar-refractivity contribution >= 4 is 0 Å². The lowest BCUT2D eigenvalue weighted by atomic mass is 10.1. The first kappa shape index (κ1) is 27.8. The third-order valence-electron chi connectivity index (χ3n) is 4.36. The van der Waals surface area contributed by atoms with Crippen LogP contribution in [0.1, 0.15) is 96.8 Å². The van der Waals surface area contributed by atoms with Crippen LogP contribution in [0.25, 0.3) is 0 Å². The average Bonchev–Trinajstić information content (AvgIpc) is 2.66. The highest BCUT2D eigenvalue weighted by atomic mass is 14.9. The monoisotopic (exact) mass is 370 g/mol. The van der Waals surface area contributed by atoms with Gasteiger partial charge in [0, 0.05) is 26.2 Å². The van der Waals surface area contributed by atoms with E-state index in [2.05, 4.69) is 24.4 Å². The van der Waals surface area contributed by atoms with Gasteiger partial charge in [-0.25, -0.2) is 0 Å². The maximum Gasteiger partial charge on any atom is 0.00750 e. The lowest BCUT2D eigenvalue weighted by Gasteiger charge is -1.99. The number of rotatable bonds is 19. The Morgan fingerprint density at radius 3 is 1.38 bits per heavy atom. The summed E-state index contributed by atoms with van der Waals surface area (Å²) in [5.74, 6) is 0. The zero-order valence-corrected chi connectivity index (χ0v) is 17.8. The van der Waals surface area contributed by atoms with Crippen molar-refractivity contribution in [3.05, 3.63) is 12.2 Å². The fraction of sp³-hybridized carbons (Fsp3) is 0.909. The molecule has 0 aliphatic rings. The highest BCUT2D eigenvalue weighted by molar-refractivity contribution is 4.81. The molecule has 0 aromatic heterocycles. The van der Waals surface area contributed by atoms with Gasteiger partial charge in [0.15, 0.2) is 0 Å². The second-order valence-corrected chi connectivity index (χ2v) is 7.05. The fourth-order valence-electron chi connectivity index (χ4n) is 2.72. The van der Waals surface area contributed by atoms with E-state index in [0.29, 0.717) is 13.1 Å². The van der Waals surface area contributed by atoms with Gasteiger partial charge >= 0.3 is 0 Å². The van der Waals surface area contributed by atoms with E-state index >= 15 is 0 Å². The van der Waals surface area contributed by atoms with Crippen LogP contribution in [0.4, 0.5) is 0 Å². The lowest BCUT2D eigenvalue weighted by Crippen LogP contribution is -2.27. The van der Waals surface area contributed by atoms with Crippen LogP contribution in [0.2, 0.25) is 0 Å². The molecule has 0 aromatic carbocycles. The van der Waals surface area contributed by atoms with Crippen molar-refractivity contribution in [3.8, 4) is 0 Å². The third-order valence-corrected chi connectivity index (χ3v) is 4.36. The first-order valence-electron chi connectivity index (χ1n) is 11.3. The molecule has 0 saturated carbocycles. The molecule has 158 valence electrons. The van der Waals surface area contributed by atoms with Gasteiger partial charge in [-0.1, -0.05) is 76.9 Å². The molecule has 0 atom stereocenters. The van der Waals surface area contributed by atoms with Crippen molar-refractivity contribution in [2.45, 2.75) is 96.8 Å². The van der Waals surface area contributed by atoms with Crippen molar-refractivity contribution < 1.29 is 0 Å². The van der Waals surface area contributed by atoms with Gasteiger partial charge in [0.1, 0.15) is 0 Å². The summed E-state index contributed by atoms with van der Waals surface area (Å²) in [6, 6.07) is 0. The van der Waals surface area contributed by atoms with Gasteiger partial charge in [0.2, 0.25) is 0 Å². The van der Waals surface area contributed by atoms with Crippen molar-refractivity contribution in [2.75, 3.05) is 32.7 Å². The van der Waals surface area contributed by atoms with E-state index in [-0.39, 0.29) is 0 Å². The van der Waals surface area contributed by atoms with Gasteiger partial charge < -0.3 is 22.5 Å². The van der Waals surface area contributed by atoms with Crippen LogP contribution in [0.3, 0.4) is 0 Å². The lowest BCUT2D eigenvalue weighted by molar-refractivity contribution is 0.599. The number of nitrogens with one attached hydrogen (secondary N) is 1. The minimum absolute atomic E-state index is 0.694. The predicted octanol–water partition coefficient (Wildman–Crippen LogP) is 4.48. The highest BCUT2D eigenvalue weighted by Crippen LogP contribution is 2.09. The normalized spacial score (nSPS) is 10.9. The number of hydrogen-bond donors (Lipinski definition) is 4. The van der Waals surface area contributed by atoms with Gasteiger partial charge in [-0.2, -0.15) is 0 Å². The maximum absolute atomic E-state index is 5.47. The molecular formula is C22H50N4. The van der Waals surface area contributed by atoms with Crippen LogP contribution in [0, 0.1) is 0 Å². The van der Waals surface area contributed by atoms with Gasteiger partial charge in [-0.3, -0.25) is 0 Å². The number of unbranched alkanes of at least 4 members (excludes halogenated alkanes) is 12. The van der Waals surface area contributed by atoms with E-state index in [1.807, 2.05) is 0 Å². The van der Waals surface area contributed by atoms with Gasteiger partial charge in [-0.15, -0.1) is 0 Å². The van der Waals surface area contributed by atoms with Crippen molar-refractivity contribution in [1.82, 2.24) is 5.32 Å². The van der Waals surface area contributed by atoms with Crippen LogP contribution >= 0.6 is 0 Å². The van der Waals surface area contributed by atoms with Crippen molar-refractivity contribution in [3.63, 3.8) is 0 Å². The average molecular weight is 371 g/mol. The summed E-state index contributed by atoms with van der Waals surface area (Å²) in [7, 11) is 0. The molecule has 26 heavy (non-hydrogen) atoms. The van der Waals surface area contributed by atoms with E-state index in [4.69, 9.17) is 17.2 Å². The molecule has 0 fully saturated rings. The quantitative estimate of drug-likeness (QED) is 0.199. The van der Waals surface area contributed by atoms with Crippen molar-refractivity contribution in [2.24, 2.45) is 17.2 Å². The molecule has 0 aliphatic carbocycles. The molecule has 0 spiro atoms. The predicted molar refractivity (Wildman–Crippen MR) is 119 cm³/mol. The standard InChI is InChI=1S/C18H37N.C4H13N3/c1-2-3-4-5-6-7-8-9-10-11-12-13-14-15-16-17-18-19;5-1-3-7-4-2-6/h9-10H,2-8,11-19H2,1H3;7H,1-6H2. The summed E-state index contributed by atoms with van der Waals surface area (Å²) in [4.78, 5) is 0. The molecule has 7 N–H and O–H groups in total. The van der Waals surface area contributed by atoms with Gasteiger partial charge in [-0.05, 0) is 38.6 Å². The minimum atomic E-state index is 0.694. The van der Waals surface area contributed by atoms with E-state index in [9.17, 15) is 0 Å². The Hall–Kier alpha value is -0.420. The van der Waals surface area contributed by atoms with E-state index in [1.165, 1.54) is 89.9 Å². The summed E-state index contributed by atoms with van der Waals surface area (Å²) in [5, 5.41) is 3.03. The Balaban J connectivity index is 0. The molecule has 0 heterocycles. The Kier molecular flexibility index (Phi) is 31.4. The zero-order valence-electron chi connectivity index (χ0n) is 17.8. The molecule has 0 rings (SSSR count). The van der Waals surface area contributed by atoms with Gasteiger partial charge in [0.05, 0.1) is 0 Å². The largest absolute Gasteiger partial charge is 0.330 e. The number of allylic oxidation sites excluding steroid dienone is 2. The molecule has 4 heteroatoms. The van der Waals surface area contributed by atoms with E-state index in [0.717, 1.165) is 19.6 Å². The molecule has 0 aromatic rings. The minimum Gasteiger partial charge on any atom is -0.330 e. The molecule has 4 nitrogen and oxygen atoms in total. The smallest absolute Gasteiger partial charge is 0.00750 e. The highest BCUT2D eigenvalue weighted by Gasteiger charge is 1.90. The van der Waals surface area contributed by atoms with Crippen LogP contribution in [0.5, 0.6) is 0 Å². The van der Waals surface area contributed by atoms with E-state index < -0.39 is 0 Å². The summed E-state index contributed by atoms with van der Waals surface area (Å²) in [6.45, 7) is 6.27. The Labute approximate surface area is 164 Å². The third kappa shape index (κ3) is 31.4. The SMILES string of the molecule is CCCCCCCCC=CCCCCCCCCN.NCCNCCN. The summed E-state index contributed by atoms with van der Waals surface area (Å²) >= 11 is 0. The number of hydrogen-bond acceptors (Lipinski definition) is 4. The van der Waals surface area contributed by atoms with Gasteiger partial charge in [0.25, 0.3) is 0 Å². The summed E-state index contributed by atoms with van der Waals surface area (Å²) in [5.41, 5.74) is 15.8. The van der Waals surface area contributed by atoms with Crippen LogP contribution in [-0.2, 0) is 0 Å². The van der Waals surface area contributed by atoms with E-state index in [1.54, 1.807) is 0 Å². The fourth-order valence-corrected chi connectivity index (χ4v) is 2.72. The second-order valence-electron chi connectivity index (χ2n) is 7.05. The molecule has 0 radical (unpaired) electrons. The molecule has 0 saturated heterocycles. The molecular weight excluding hydrogens is 320 g/mol. The van der Waals surface area contributed by atoms with Crippen LogP contribution < -0.4 is 22.5 Å². The Morgan fingerprint density at radius 2 is 0.962 bits per heavy atom. The molecule has 0 amide bonds. The molecule has 0 aliphatic heterocycles. The van der Waals surface area contributed by atoms with Crippen molar-refractivity contribution in [1.29, 1.82) is 0 Å². The molecule has 0 bridgehead atoms. The Bertz CT molecular complexity index is 240. The molecule has 0 unspecified atom stereocenters.